The smallest absolute Gasteiger partial charge is 0.135 e. The van der Waals surface area contributed by atoms with Gasteiger partial charge in [0.2, 0.25) is 0 Å². The third-order valence-corrected chi connectivity index (χ3v) is 3.77. The van der Waals surface area contributed by atoms with Gasteiger partial charge in [0.15, 0.2) is 0 Å². The lowest BCUT2D eigenvalue weighted by atomic mass is 9.98. The molecule has 0 spiro atoms. The summed E-state index contributed by atoms with van der Waals surface area (Å²) in [6, 6.07) is 7.11. The molecule has 0 aromatic heterocycles. The van der Waals surface area contributed by atoms with Crippen LogP contribution in [0.2, 0.25) is 5.02 Å². The van der Waals surface area contributed by atoms with Crippen LogP contribution in [0.25, 0.3) is 0 Å². The Morgan fingerprint density at radius 1 is 1.21 bits per heavy atom. The molecule has 0 heterocycles. The van der Waals surface area contributed by atoms with Crippen LogP contribution in [0.5, 0.6) is 0 Å². The molecule has 5 heteroatoms. The molecular weight excluding hydrogens is 338 g/mol. The van der Waals surface area contributed by atoms with E-state index in [4.69, 9.17) is 11.6 Å². The summed E-state index contributed by atoms with van der Waals surface area (Å²) in [6.45, 7) is 1.52. The van der Waals surface area contributed by atoms with Crippen LogP contribution in [0.3, 0.4) is 0 Å². The Labute approximate surface area is 123 Å². The average Bonchev–Trinajstić information content (AvgIpc) is 2.34. The highest BCUT2D eigenvalue weighted by molar-refractivity contribution is 9.10. The highest BCUT2D eigenvalue weighted by atomic mass is 79.9. The Morgan fingerprint density at radius 3 is 2.53 bits per heavy atom. The largest absolute Gasteiger partial charge is 0.383 e. The third kappa shape index (κ3) is 2.81. The van der Waals surface area contributed by atoms with Gasteiger partial charge in [-0.3, -0.25) is 0 Å². The van der Waals surface area contributed by atoms with Crippen molar-refractivity contribution in [1.29, 1.82) is 0 Å². The maximum atomic E-state index is 14.0. The molecule has 100 valence electrons. The average molecular weight is 348 g/mol. The Hall–Kier alpha value is -0.970. The number of hydrogen-bond donors (Lipinski definition) is 1. The number of aliphatic hydroxyl groups is 1. The van der Waals surface area contributed by atoms with Gasteiger partial charge in [0, 0.05) is 9.50 Å². The van der Waals surface area contributed by atoms with Crippen molar-refractivity contribution in [2.75, 3.05) is 0 Å². The Bertz CT molecular complexity index is 631. The molecule has 0 amide bonds. The Morgan fingerprint density at radius 2 is 1.89 bits per heavy atom. The minimum Gasteiger partial charge on any atom is -0.383 e. The monoisotopic (exact) mass is 346 g/mol. The molecule has 0 saturated carbocycles. The van der Waals surface area contributed by atoms with Crippen molar-refractivity contribution < 1.29 is 13.9 Å². The van der Waals surface area contributed by atoms with Crippen molar-refractivity contribution in [2.24, 2.45) is 0 Å². The summed E-state index contributed by atoms with van der Waals surface area (Å²) in [4.78, 5) is 0. The second-order valence-electron chi connectivity index (χ2n) is 4.16. The molecule has 0 radical (unpaired) electrons. The van der Waals surface area contributed by atoms with Crippen LogP contribution >= 0.6 is 27.5 Å². The van der Waals surface area contributed by atoms with Crippen LogP contribution in [0.1, 0.15) is 22.8 Å². The van der Waals surface area contributed by atoms with E-state index in [-0.39, 0.29) is 11.1 Å². The zero-order valence-electron chi connectivity index (χ0n) is 9.92. The van der Waals surface area contributed by atoms with E-state index in [1.807, 2.05) is 0 Å². The fraction of sp³-hybridized carbons (Fsp3) is 0.143. The highest BCUT2D eigenvalue weighted by Gasteiger charge is 2.22. The maximum Gasteiger partial charge on any atom is 0.135 e. The first-order valence-corrected chi connectivity index (χ1v) is 6.66. The van der Waals surface area contributed by atoms with E-state index >= 15 is 0 Å². The molecule has 2 aromatic rings. The van der Waals surface area contributed by atoms with Crippen molar-refractivity contribution in [1.82, 2.24) is 0 Å². The van der Waals surface area contributed by atoms with Crippen molar-refractivity contribution in [2.45, 2.75) is 13.0 Å². The molecule has 1 nitrogen and oxygen atoms in total. The van der Waals surface area contributed by atoms with Crippen molar-refractivity contribution in [3.05, 3.63) is 68.2 Å². The van der Waals surface area contributed by atoms with Gasteiger partial charge in [-0.25, -0.2) is 8.78 Å². The molecule has 0 saturated heterocycles. The normalized spacial score (nSPS) is 12.5. The lowest BCUT2D eigenvalue weighted by molar-refractivity contribution is 0.208. The van der Waals surface area contributed by atoms with Crippen LogP contribution < -0.4 is 0 Å². The molecule has 1 N–H and O–H groups in total. The zero-order chi connectivity index (χ0) is 14.2. The summed E-state index contributed by atoms with van der Waals surface area (Å²) < 4.78 is 28.2. The number of aryl methyl sites for hydroxylation is 1. The van der Waals surface area contributed by atoms with E-state index in [1.54, 1.807) is 12.1 Å². The Balaban J connectivity index is 2.56. The second-order valence-corrected chi connectivity index (χ2v) is 5.45. The van der Waals surface area contributed by atoms with E-state index in [1.165, 1.54) is 19.1 Å². The molecule has 2 rings (SSSR count). The molecular formula is C14H10BrClF2O. The predicted molar refractivity (Wildman–Crippen MR) is 74.3 cm³/mol. The third-order valence-electron chi connectivity index (χ3n) is 2.85. The first kappa shape index (κ1) is 14.4. The minimum absolute atomic E-state index is 0.278. The van der Waals surface area contributed by atoms with Crippen molar-refractivity contribution in [3.8, 4) is 0 Å². The summed E-state index contributed by atoms with van der Waals surface area (Å²) in [5.74, 6) is -1.52. The number of benzene rings is 2. The van der Waals surface area contributed by atoms with Crippen molar-refractivity contribution >= 4 is 27.5 Å². The van der Waals surface area contributed by atoms with E-state index in [0.717, 1.165) is 6.07 Å². The molecule has 1 unspecified atom stereocenters. The van der Waals surface area contributed by atoms with Gasteiger partial charge in [-0.1, -0.05) is 39.7 Å². The van der Waals surface area contributed by atoms with Gasteiger partial charge in [0.25, 0.3) is 0 Å². The standard InChI is InChI=1S/C14H10BrClF2O/c1-7-2-5-11(17)12(13(7)18)14(19)9-4-3-8(16)6-10(9)15/h2-6,14,19H,1H3. The van der Waals surface area contributed by atoms with Crippen molar-refractivity contribution in [3.63, 3.8) is 0 Å². The topological polar surface area (TPSA) is 20.2 Å². The van der Waals surface area contributed by atoms with Gasteiger partial charge in [-0.05, 0) is 36.2 Å². The summed E-state index contributed by atoms with van der Waals surface area (Å²) in [6.07, 6.45) is -1.40. The van der Waals surface area contributed by atoms with E-state index in [9.17, 15) is 13.9 Å². The van der Waals surface area contributed by atoms with Gasteiger partial charge < -0.3 is 5.11 Å². The van der Waals surface area contributed by atoms with Gasteiger partial charge in [0.1, 0.15) is 17.7 Å². The van der Waals surface area contributed by atoms with Crippen LogP contribution in [-0.2, 0) is 0 Å². The van der Waals surface area contributed by atoms with Crippen LogP contribution in [0, 0.1) is 18.6 Å². The van der Waals surface area contributed by atoms with Crippen LogP contribution in [0.4, 0.5) is 8.78 Å². The number of hydrogen-bond acceptors (Lipinski definition) is 1. The zero-order valence-corrected chi connectivity index (χ0v) is 12.3. The summed E-state index contributed by atoms with van der Waals surface area (Å²) in [5.41, 5.74) is 0.274. The molecule has 2 aromatic carbocycles. The first-order valence-electron chi connectivity index (χ1n) is 5.49. The molecule has 0 bridgehead atoms. The van der Waals surface area contributed by atoms with Gasteiger partial charge in [0.05, 0.1) is 5.56 Å². The molecule has 0 fully saturated rings. The molecule has 0 aliphatic rings. The first-order chi connectivity index (χ1) is 8.91. The molecule has 0 aliphatic carbocycles. The minimum atomic E-state index is -1.40. The summed E-state index contributed by atoms with van der Waals surface area (Å²) in [5, 5.41) is 10.7. The number of aliphatic hydroxyl groups excluding tert-OH is 1. The maximum absolute atomic E-state index is 14.0. The lowest BCUT2D eigenvalue weighted by Crippen LogP contribution is -2.07. The summed E-state index contributed by atoms with van der Waals surface area (Å²) in [7, 11) is 0. The predicted octanol–water partition coefficient (Wildman–Crippen LogP) is 4.77. The van der Waals surface area contributed by atoms with Crippen LogP contribution in [0.15, 0.2) is 34.8 Å². The molecule has 19 heavy (non-hydrogen) atoms. The van der Waals surface area contributed by atoms with E-state index in [2.05, 4.69) is 15.9 Å². The quantitative estimate of drug-likeness (QED) is 0.829. The SMILES string of the molecule is Cc1ccc(F)c(C(O)c2ccc(Cl)cc2Br)c1F. The number of rotatable bonds is 2. The highest BCUT2D eigenvalue weighted by Crippen LogP contribution is 2.33. The fourth-order valence-electron chi connectivity index (χ4n) is 1.81. The van der Waals surface area contributed by atoms with Gasteiger partial charge in [-0.2, -0.15) is 0 Å². The second kappa shape index (κ2) is 5.57. The van der Waals surface area contributed by atoms with E-state index < -0.39 is 17.7 Å². The van der Waals surface area contributed by atoms with Gasteiger partial charge in [-0.15, -0.1) is 0 Å². The molecule has 1 atom stereocenters. The van der Waals surface area contributed by atoms with Crippen LogP contribution in [-0.4, -0.2) is 5.11 Å². The summed E-state index contributed by atoms with van der Waals surface area (Å²) >= 11 is 9.02. The molecule has 0 aliphatic heterocycles. The number of halogens is 4. The Kier molecular flexibility index (Phi) is 4.23. The fourth-order valence-corrected chi connectivity index (χ4v) is 2.71. The van der Waals surface area contributed by atoms with Gasteiger partial charge >= 0.3 is 0 Å². The lowest BCUT2D eigenvalue weighted by Gasteiger charge is -2.16. The van der Waals surface area contributed by atoms with E-state index in [0.29, 0.717) is 15.1 Å².